The van der Waals surface area contributed by atoms with Gasteiger partial charge in [0.15, 0.2) is 5.78 Å². The van der Waals surface area contributed by atoms with Gasteiger partial charge >= 0.3 is 0 Å². The quantitative estimate of drug-likeness (QED) is 0.160. The second-order valence-corrected chi connectivity index (χ2v) is 12.2. The van der Waals surface area contributed by atoms with E-state index >= 15 is 0 Å². The summed E-state index contributed by atoms with van der Waals surface area (Å²) in [6, 6.07) is 42.9. The van der Waals surface area contributed by atoms with Crippen LogP contribution in [0.25, 0.3) is 11.1 Å². The van der Waals surface area contributed by atoms with Gasteiger partial charge in [0.05, 0.1) is 30.6 Å². The normalized spacial score (nSPS) is 12.6. The Bertz CT molecular complexity index is 2180. The molecule has 3 aromatic carbocycles. The van der Waals surface area contributed by atoms with Crippen LogP contribution in [0.5, 0.6) is 0 Å². The van der Waals surface area contributed by atoms with Gasteiger partial charge in [0, 0.05) is 70.7 Å². The Morgan fingerprint density at radius 1 is 0.542 bits per heavy atom. The number of carbonyl (C=O) groups excluding carboxylic acids is 1. The number of benzene rings is 3. The smallest absolute Gasteiger partial charge is 0.184 e. The maximum atomic E-state index is 12.1. The SMILES string of the molecule is CC.CC.CC.CC1=C(c2ccccc2)C(c2ccncc2)=NC1.N#CC(C(=O)c1ccncc1)c1ccccc1.NC1=C(c2ccccc2)C(c2ccncc2)=NC1. The lowest BCUT2D eigenvalue weighted by molar-refractivity contribution is 0.0978. The monoisotopic (exact) mass is 781 g/mol. The molecule has 0 radical (unpaired) electrons. The molecule has 2 N–H and O–H groups in total. The Kier molecular flexibility index (Phi) is 20.3. The zero-order chi connectivity index (χ0) is 42.8. The van der Waals surface area contributed by atoms with Crippen LogP contribution < -0.4 is 5.73 Å². The van der Waals surface area contributed by atoms with Crippen molar-refractivity contribution >= 4 is 28.4 Å². The first-order valence-electron chi connectivity index (χ1n) is 20.1. The van der Waals surface area contributed by atoms with Crippen LogP contribution in [0, 0.1) is 11.3 Å². The van der Waals surface area contributed by atoms with Gasteiger partial charge in [-0.25, -0.2) is 0 Å². The van der Waals surface area contributed by atoms with Crippen molar-refractivity contribution in [3.8, 4) is 6.07 Å². The lowest BCUT2D eigenvalue weighted by Gasteiger charge is -2.08. The van der Waals surface area contributed by atoms with Crippen LogP contribution >= 0.6 is 0 Å². The van der Waals surface area contributed by atoms with Crippen LogP contribution in [0.1, 0.15) is 92.6 Å². The number of nitrogens with two attached hydrogens (primary N) is 1. The minimum atomic E-state index is -0.751. The third-order valence-corrected chi connectivity index (χ3v) is 8.62. The zero-order valence-corrected chi connectivity index (χ0v) is 35.2. The molecule has 2 aliphatic rings. The highest BCUT2D eigenvalue weighted by atomic mass is 16.1. The Morgan fingerprint density at radius 3 is 1.39 bits per heavy atom. The fourth-order valence-electron chi connectivity index (χ4n) is 6.05. The van der Waals surface area contributed by atoms with Crippen LogP contribution in [-0.4, -0.2) is 45.2 Å². The first-order chi connectivity index (χ1) is 29.0. The van der Waals surface area contributed by atoms with E-state index in [1.807, 2.05) is 127 Å². The van der Waals surface area contributed by atoms with Gasteiger partial charge in [-0.3, -0.25) is 29.7 Å². The summed E-state index contributed by atoms with van der Waals surface area (Å²) in [6.07, 6.45) is 10.3. The summed E-state index contributed by atoms with van der Waals surface area (Å²) < 4.78 is 0. The zero-order valence-electron chi connectivity index (χ0n) is 35.2. The molecule has 59 heavy (non-hydrogen) atoms. The van der Waals surface area contributed by atoms with E-state index in [4.69, 9.17) is 11.0 Å². The molecule has 0 saturated carbocycles. The molecular formula is C51H55N7O. The van der Waals surface area contributed by atoms with Crippen LogP contribution in [-0.2, 0) is 0 Å². The van der Waals surface area contributed by atoms with E-state index in [-0.39, 0.29) is 5.78 Å². The van der Waals surface area contributed by atoms with E-state index in [0.29, 0.717) is 12.1 Å². The van der Waals surface area contributed by atoms with Gasteiger partial charge in [-0.1, -0.05) is 133 Å². The van der Waals surface area contributed by atoms with Crippen LogP contribution in [0.4, 0.5) is 0 Å². The molecule has 8 nitrogen and oxygen atoms in total. The number of Topliss-reactive ketones (excluding diaryl/α,β-unsaturated/α-hetero) is 1. The van der Waals surface area contributed by atoms with E-state index in [1.165, 1.54) is 16.7 Å². The highest BCUT2D eigenvalue weighted by Crippen LogP contribution is 2.29. The number of ketones is 1. The summed E-state index contributed by atoms with van der Waals surface area (Å²) >= 11 is 0. The number of allylic oxidation sites excluding steroid dienone is 2. The standard InChI is InChI=1S/C16H14N2.C15H13N3.C14H10N2O.3C2H6/c1-12-11-18-16(14-7-9-17-10-8-14)15(12)13-5-3-2-4-6-13;16-13-10-18-15(12-6-8-17-9-7-12)14(13)11-4-2-1-3-5-11;15-10-13(11-4-2-1-3-5-11)14(17)12-6-8-16-9-7-12;3*1-2/h2-10H,11H2,1H3;1-9H,10,16H2;1-9,13H;3*1-2H3. The molecule has 1 atom stereocenters. The molecule has 0 aliphatic carbocycles. The number of nitrogens with zero attached hydrogens (tertiary/aromatic N) is 6. The second kappa shape index (κ2) is 25.9. The number of nitriles is 1. The van der Waals surface area contributed by atoms with Gasteiger partial charge in [0.2, 0.25) is 0 Å². The minimum Gasteiger partial charge on any atom is -0.400 e. The van der Waals surface area contributed by atoms with E-state index < -0.39 is 5.92 Å². The Hall–Kier alpha value is -7.11. The third kappa shape index (κ3) is 13.0. The van der Waals surface area contributed by atoms with E-state index in [9.17, 15) is 4.79 Å². The van der Waals surface area contributed by atoms with Crippen molar-refractivity contribution in [1.82, 2.24) is 15.0 Å². The summed E-state index contributed by atoms with van der Waals surface area (Å²) in [6.45, 7) is 15.5. The third-order valence-electron chi connectivity index (χ3n) is 8.62. The molecule has 2 aliphatic heterocycles. The van der Waals surface area contributed by atoms with Gasteiger partial charge in [0.1, 0.15) is 5.92 Å². The van der Waals surface area contributed by atoms with Gasteiger partial charge in [-0.15, -0.1) is 0 Å². The number of carbonyl (C=O) groups is 1. The number of hydrogen-bond donors (Lipinski definition) is 1. The molecule has 300 valence electrons. The van der Waals surface area contributed by atoms with Gasteiger partial charge in [0.25, 0.3) is 0 Å². The summed E-state index contributed by atoms with van der Waals surface area (Å²) in [5.74, 6) is -0.945. The van der Waals surface area contributed by atoms with E-state index in [2.05, 4.69) is 68.3 Å². The highest BCUT2D eigenvalue weighted by molar-refractivity contribution is 6.34. The first-order valence-corrected chi connectivity index (χ1v) is 20.1. The topological polar surface area (TPSA) is 130 Å². The molecule has 8 rings (SSSR count). The van der Waals surface area contributed by atoms with E-state index in [1.54, 1.807) is 49.1 Å². The van der Waals surface area contributed by atoms with Gasteiger partial charge in [-0.05, 0) is 65.6 Å². The summed E-state index contributed by atoms with van der Waals surface area (Å²) in [5.41, 5.74) is 18.4. The Balaban J connectivity index is 0.000000222. The van der Waals surface area contributed by atoms with Crippen molar-refractivity contribution in [3.63, 3.8) is 0 Å². The molecule has 1 unspecified atom stereocenters. The maximum Gasteiger partial charge on any atom is 0.184 e. The summed E-state index contributed by atoms with van der Waals surface area (Å²) in [7, 11) is 0. The van der Waals surface area contributed by atoms with Gasteiger partial charge in [-0.2, -0.15) is 5.26 Å². The first kappa shape index (κ1) is 46.3. The molecule has 0 amide bonds. The molecule has 0 fully saturated rings. The molecule has 8 heteroatoms. The largest absolute Gasteiger partial charge is 0.400 e. The summed E-state index contributed by atoms with van der Waals surface area (Å²) in [5, 5.41) is 9.12. The fraction of sp³-hybridized carbons (Fsp3) is 0.196. The summed E-state index contributed by atoms with van der Waals surface area (Å²) in [4.78, 5) is 33.3. The number of aliphatic imine (C=N–C) groups is 2. The number of rotatable bonds is 7. The van der Waals surface area contributed by atoms with E-state index in [0.717, 1.165) is 51.5 Å². The second-order valence-electron chi connectivity index (χ2n) is 12.2. The number of hydrogen-bond acceptors (Lipinski definition) is 8. The average molecular weight is 782 g/mol. The number of pyridine rings is 3. The van der Waals surface area contributed by atoms with Crippen molar-refractivity contribution in [3.05, 3.63) is 209 Å². The lowest BCUT2D eigenvalue weighted by Crippen LogP contribution is -2.11. The minimum absolute atomic E-state index is 0.193. The van der Waals surface area contributed by atoms with Crippen molar-refractivity contribution in [2.24, 2.45) is 15.7 Å². The predicted molar refractivity (Wildman–Crippen MR) is 245 cm³/mol. The maximum absolute atomic E-state index is 12.1. The van der Waals surface area contributed by atoms with Crippen molar-refractivity contribution in [2.75, 3.05) is 13.1 Å². The van der Waals surface area contributed by atoms with Crippen molar-refractivity contribution < 1.29 is 4.79 Å². The fourth-order valence-corrected chi connectivity index (χ4v) is 6.05. The molecule has 6 aromatic rings. The highest BCUT2D eigenvalue weighted by Gasteiger charge is 2.22. The van der Waals surface area contributed by atoms with Crippen LogP contribution in [0.15, 0.2) is 186 Å². The molecule has 3 aromatic heterocycles. The molecule has 0 saturated heterocycles. The molecule has 5 heterocycles. The average Bonchev–Trinajstić information content (AvgIpc) is 3.92. The Morgan fingerprint density at radius 2 is 0.932 bits per heavy atom. The van der Waals surface area contributed by atoms with Crippen molar-refractivity contribution in [2.45, 2.75) is 54.4 Å². The number of aromatic nitrogens is 3. The van der Waals surface area contributed by atoms with Gasteiger partial charge < -0.3 is 5.73 Å². The molecule has 0 spiro atoms. The van der Waals surface area contributed by atoms with Crippen LogP contribution in [0.3, 0.4) is 0 Å². The Labute approximate surface area is 350 Å². The van der Waals surface area contributed by atoms with Crippen LogP contribution in [0.2, 0.25) is 0 Å². The molecular weight excluding hydrogens is 727 g/mol. The predicted octanol–water partition coefficient (Wildman–Crippen LogP) is 11.3. The lowest BCUT2D eigenvalue weighted by atomic mass is 9.92. The van der Waals surface area contributed by atoms with Crippen molar-refractivity contribution in [1.29, 1.82) is 5.26 Å². The molecule has 0 bridgehead atoms.